The summed E-state index contributed by atoms with van der Waals surface area (Å²) >= 11 is 18.4. The van der Waals surface area contributed by atoms with E-state index >= 15 is 0 Å². The number of anilines is 1. The van der Waals surface area contributed by atoms with Gasteiger partial charge in [-0.2, -0.15) is 5.26 Å². The Morgan fingerprint density at radius 3 is 2.31 bits per heavy atom. The molecule has 0 fully saturated rings. The number of benzene rings is 3. The fourth-order valence-electron chi connectivity index (χ4n) is 2.83. The molecule has 1 amide bonds. The molecule has 0 bridgehead atoms. The number of hydrogen-bond donors (Lipinski definition) is 1. The highest BCUT2D eigenvalue weighted by Gasteiger charge is 2.17. The Bertz CT molecular complexity index is 1200. The largest absolute Gasteiger partial charge is 0.493 e. The number of halogens is 3. The Kier molecular flexibility index (Phi) is 8.02. The lowest BCUT2D eigenvalue weighted by Crippen LogP contribution is -2.14. The van der Waals surface area contributed by atoms with Gasteiger partial charge in [0.25, 0.3) is 5.91 Å². The van der Waals surface area contributed by atoms with Crippen LogP contribution in [0.2, 0.25) is 15.1 Å². The maximum absolute atomic E-state index is 12.7. The smallest absolute Gasteiger partial charge is 0.266 e. The SMILES string of the molecule is COc1cccc(/C=C(\C#N)C(=O)Nc2c(Cl)cccc2Cl)c1OCc1ccccc1Cl. The summed E-state index contributed by atoms with van der Waals surface area (Å²) in [5.41, 5.74) is 1.31. The molecular weight excluding hydrogens is 471 g/mol. The van der Waals surface area contributed by atoms with Crippen LogP contribution in [0.1, 0.15) is 11.1 Å². The lowest BCUT2D eigenvalue weighted by molar-refractivity contribution is -0.112. The summed E-state index contributed by atoms with van der Waals surface area (Å²) < 4.78 is 11.4. The first-order chi connectivity index (χ1) is 15.4. The normalized spacial score (nSPS) is 10.9. The number of hydrogen-bond acceptors (Lipinski definition) is 4. The number of ether oxygens (including phenoxy) is 2. The van der Waals surface area contributed by atoms with Gasteiger partial charge in [-0.05, 0) is 30.3 Å². The molecule has 3 aromatic carbocycles. The summed E-state index contributed by atoms with van der Waals surface area (Å²) in [5, 5.41) is 13.3. The number of methoxy groups -OCH3 is 1. The van der Waals surface area contributed by atoms with Gasteiger partial charge in [-0.25, -0.2) is 0 Å². The van der Waals surface area contributed by atoms with E-state index in [0.29, 0.717) is 22.1 Å². The van der Waals surface area contributed by atoms with Crippen molar-refractivity contribution in [2.24, 2.45) is 0 Å². The molecule has 0 saturated carbocycles. The number of nitrogens with zero attached hydrogens (tertiary/aromatic N) is 1. The molecule has 0 heterocycles. The minimum atomic E-state index is -0.664. The van der Waals surface area contributed by atoms with Gasteiger partial charge in [0.2, 0.25) is 0 Å². The molecule has 8 heteroatoms. The van der Waals surface area contributed by atoms with Crippen molar-refractivity contribution < 1.29 is 14.3 Å². The summed E-state index contributed by atoms with van der Waals surface area (Å²) in [7, 11) is 1.50. The second kappa shape index (κ2) is 10.9. The van der Waals surface area contributed by atoms with Gasteiger partial charge in [0.1, 0.15) is 18.2 Å². The molecule has 0 unspecified atom stereocenters. The van der Waals surface area contributed by atoms with E-state index in [1.165, 1.54) is 13.2 Å². The number of para-hydroxylation sites is 2. The van der Waals surface area contributed by atoms with E-state index in [2.05, 4.69) is 5.32 Å². The van der Waals surface area contributed by atoms with Crippen LogP contribution in [0, 0.1) is 11.3 Å². The fraction of sp³-hybridized carbons (Fsp3) is 0.0833. The molecule has 0 saturated heterocycles. The van der Waals surface area contributed by atoms with Gasteiger partial charge < -0.3 is 14.8 Å². The summed E-state index contributed by atoms with van der Waals surface area (Å²) in [6, 6.07) is 19.2. The minimum Gasteiger partial charge on any atom is -0.493 e. The molecule has 3 aromatic rings. The molecule has 0 radical (unpaired) electrons. The van der Waals surface area contributed by atoms with Crippen LogP contribution in [-0.4, -0.2) is 13.0 Å². The Balaban J connectivity index is 1.92. The van der Waals surface area contributed by atoms with Crippen molar-refractivity contribution in [3.8, 4) is 17.6 Å². The summed E-state index contributed by atoms with van der Waals surface area (Å²) in [6.45, 7) is 0.171. The van der Waals surface area contributed by atoms with Crippen LogP contribution in [0.3, 0.4) is 0 Å². The van der Waals surface area contributed by atoms with E-state index in [1.807, 2.05) is 24.3 Å². The monoisotopic (exact) mass is 486 g/mol. The van der Waals surface area contributed by atoms with Crippen molar-refractivity contribution in [1.82, 2.24) is 0 Å². The summed E-state index contributed by atoms with van der Waals surface area (Å²) in [4.78, 5) is 12.7. The van der Waals surface area contributed by atoms with E-state index in [1.54, 1.807) is 42.5 Å². The first-order valence-electron chi connectivity index (χ1n) is 9.35. The third kappa shape index (κ3) is 5.54. The van der Waals surface area contributed by atoms with E-state index in [9.17, 15) is 10.1 Å². The van der Waals surface area contributed by atoms with Crippen molar-refractivity contribution in [2.75, 3.05) is 12.4 Å². The average molecular weight is 488 g/mol. The summed E-state index contributed by atoms with van der Waals surface area (Å²) in [6.07, 6.45) is 1.41. The van der Waals surface area contributed by atoms with Gasteiger partial charge in [-0.1, -0.05) is 71.2 Å². The number of nitriles is 1. The standard InChI is InChI=1S/C24H17Cl3N2O3/c1-31-21-11-4-7-15(23(21)32-14-16-6-2-3-8-18(16)25)12-17(13-28)24(30)29-22-19(26)9-5-10-20(22)27/h2-12H,14H2,1H3,(H,29,30)/b17-12+. The zero-order chi connectivity index (χ0) is 23.1. The maximum atomic E-state index is 12.7. The zero-order valence-corrected chi connectivity index (χ0v) is 19.1. The lowest BCUT2D eigenvalue weighted by atomic mass is 10.1. The van der Waals surface area contributed by atoms with Gasteiger partial charge >= 0.3 is 0 Å². The predicted molar refractivity (Wildman–Crippen MR) is 127 cm³/mol. The van der Waals surface area contributed by atoms with Crippen molar-refractivity contribution in [3.63, 3.8) is 0 Å². The number of nitrogens with one attached hydrogen (secondary N) is 1. The van der Waals surface area contributed by atoms with Crippen molar-refractivity contribution >= 4 is 52.5 Å². The number of amides is 1. The quantitative estimate of drug-likeness (QED) is 0.294. The van der Waals surface area contributed by atoms with Crippen LogP contribution in [0.15, 0.2) is 66.2 Å². The number of rotatable bonds is 7. The first kappa shape index (κ1) is 23.5. The highest BCUT2D eigenvalue weighted by Crippen LogP contribution is 2.34. The van der Waals surface area contributed by atoms with Gasteiger partial charge in [0.15, 0.2) is 11.5 Å². The van der Waals surface area contributed by atoms with Crippen LogP contribution >= 0.6 is 34.8 Å². The fourth-order valence-corrected chi connectivity index (χ4v) is 3.51. The molecule has 0 aliphatic carbocycles. The summed E-state index contributed by atoms with van der Waals surface area (Å²) in [5.74, 6) is 0.145. The van der Waals surface area contributed by atoms with E-state index < -0.39 is 5.91 Å². The van der Waals surface area contributed by atoms with E-state index in [4.69, 9.17) is 44.3 Å². The molecule has 3 rings (SSSR count). The highest BCUT2D eigenvalue weighted by molar-refractivity contribution is 6.40. The Hall–Kier alpha value is -3.17. The number of carbonyl (C=O) groups excluding carboxylic acids is 1. The van der Waals surface area contributed by atoms with Crippen LogP contribution in [-0.2, 0) is 11.4 Å². The Morgan fingerprint density at radius 2 is 1.66 bits per heavy atom. The molecule has 0 aliphatic heterocycles. The number of carbonyl (C=O) groups is 1. The van der Waals surface area contributed by atoms with Gasteiger partial charge in [-0.3, -0.25) is 4.79 Å². The van der Waals surface area contributed by atoms with Crippen LogP contribution in [0.5, 0.6) is 11.5 Å². The lowest BCUT2D eigenvalue weighted by Gasteiger charge is -2.14. The zero-order valence-electron chi connectivity index (χ0n) is 16.9. The molecule has 0 aliphatic rings. The minimum absolute atomic E-state index is 0.170. The van der Waals surface area contributed by atoms with Gasteiger partial charge in [-0.15, -0.1) is 0 Å². The van der Waals surface area contributed by atoms with Gasteiger partial charge in [0, 0.05) is 16.1 Å². The van der Waals surface area contributed by atoms with Crippen molar-refractivity contribution in [3.05, 3.63) is 92.4 Å². The maximum Gasteiger partial charge on any atom is 0.266 e. The molecule has 5 nitrogen and oxygen atoms in total. The molecule has 162 valence electrons. The second-order valence-electron chi connectivity index (χ2n) is 6.48. The van der Waals surface area contributed by atoms with Crippen LogP contribution in [0.4, 0.5) is 5.69 Å². The Morgan fingerprint density at radius 1 is 1.00 bits per heavy atom. The first-order valence-corrected chi connectivity index (χ1v) is 10.5. The van der Waals surface area contributed by atoms with E-state index in [0.717, 1.165) is 5.56 Å². The molecule has 0 aromatic heterocycles. The molecular formula is C24H17Cl3N2O3. The van der Waals surface area contributed by atoms with Crippen molar-refractivity contribution in [1.29, 1.82) is 5.26 Å². The van der Waals surface area contributed by atoms with Crippen molar-refractivity contribution in [2.45, 2.75) is 6.61 Å². The van der Waals surface area contributed by atoms with E-state index in [-0.39, 0.29) is 27.9 Å². The van der Waals surface area contributed by atoms with Gasteiger partial charge in [0.05, 0.1) is 22.8 Å². The molecule has 1 N–H and O–H groups in total. The topological polar surface area (TPSA) is 71.3 Å². The highest BCUT2D eigenvalue weighted by atomic mass is 35.5. The third-order valence-corrected chi connectivity index (χ3v) is 5.42. The third-order valence-electron chi connectivity index (χ3n) is 4.43. The van der Waals surface area contributed by atoms with Crippen LogP contribution in [0.25, 0.3) is 6.08 Å². The Labute approximate surface area is 200 Å². The average Bonchev–Trinajstić information content (AvgIpc) is 2.79. The second-order valence-corrected chi connectivity index (χ2v) is 7.70. The molecule has 32 heavy (non-hydrogen) atoms. The predicted octanol–water partition coefficient (Wildman–Crippen LogP) is 6.78. The van der Waals surface area contributed by atoms with Crippen LogP contribution < -0.4 is 14.8 Å². The molecule has 0 atom stereocenters. The molecule has 0 spiro atoms.